The molecule has 2 N–H and O–H groups in total. The van der Waals surface area contributed by atoms with E-state index in [4.69, 9.17) is 14.6 Å². The van der Waals surface area contributed by atoms with Crippen molar-refractivity contribution < 1.29 is 32.5 Å². The van der Waals surface area contributed by atoms with Crippen molar-refractivity contribution in [3.63, 3.8) is 0 Å². The predicted octanol–water partition coefficient (Wildman–Crippen LogP) is 2.49. The van der Waals surface area contributed by atoms with Gasteiger partial charge in [0.05, 0.1) is 6.61 Å². The number of para-hydroxylation sites is 1. The number of ether oxygens (including phenoxy) is 1. The number of alkyl halides is 3. The highest BCUT2D eigenvalue weighted by molar-refractivity contribution is 5.82. The molecule has 0 atom stereocenters. The van der Waals surface area contributed by atoms with Crippen LogP contribution in [-0.2, 0) is 11.3 Å². The summed E-state index contributed by atoms with van der Waals surface area (Å²) in [6, 6.07) is 6.52. The molecule has 1 aromatic heterocycles. The lowest BCUT2D eigenvalue weighted by Gasteiger charge is -2.08. The van der Waals surface area contributed by atoms with Crippen molar-refractivity contribution in [2.45, 2.75) is 19.1 Å². The van der Waals surface area contributed by atoms with Gasteiger partial charge in [-0.15, -0.1) is 0 Å². The molecule has 0 amide bonds. The van der Waals surface area contributed by atoms with Gasteiger partial charge in [0, 0.05) is 10.9 Å². The highest BCUT2D eigenvalue weighted by Gasteiger charge is 2.28. The Morgan fingerprint density at radius 1 is 1.21 bits per heavy atom. The molecule has 0 unspecified atom stereocenters. The van der Waals surface area contributed by atoms with Crippen LogP contribution in [0.2, 0.25) is 0 Å². The first-order chi connectivity index (χ1) is 8.88. The summed E-state index contributed by atoms with van der Waals surface area (Å²) in [4.78, 5) is 0. The molecule has 104 valence electrons. The van der Waals surface area contributed by atoms with Gasteiger partial charge in [0.1, 0.15) is 12.2 Å². The minimum atomic E-state index is -4.43. The summed E-state index contributed by atoms with van der Waals surface area (Å²) in [7, 11) is 0. The van der Waals surface area contributed by atoms with E-state index in [-0.39, 0.29) is 11.3 Å². The Morgan fingerprint density at radius 3 is 2.53 bits per heavy atom. The quantitative estimate of drug-likeness (QED) is 0.842. The molecule has 0 bridgehead atoms. The van der Waals surface area contributed by atoms with Gasteiger partial charge in [-0.05, 0) is 6.07 Å². The largest absolute Gasteiger partial charge is 0.455 e. The van der Waals surface area contributed by atoms with Gasteiger partial charge in [0.2, 0.25) is 6.29 Å². The first kappa shape index (κ1) is 13.9. The molecule has 0 aliphatic rings. The molecule has 1 aromatic carbocycles. The fraction of sp³-hybridized carbons (Fsp3) is 0.333. The third kappa shape index (κ3) is 3.25. The normalized spacial score (nSPS) is 12.5. The van der Waals surface area contributed by atoms with Gasteiger partial charge in [0.25, 0.3) is 0 Å². The fourth-order valence-electron chi connectivity index (χ4n) is 1.74. The van der Waals surface area contributed by atoms with Crippen molar-refractivity contribution in [3.8, 4) is 0 Å². The molecule has 0 saturated heterocycles. The molecule has 0 spiro atoms. The fourth-order valence-corrected chi connectivity index (χ4v) is 1.74. The molecule has 0 aliphatic carbocycles. The van der Waals surface area contributed by atoms with Crippen LogP contribution in [0.3, 0.4) is 0 Å². The average molecular weight is 276 g/mol. The van der Waals surface area contributed by atoms with E-state index in [1.807, 2.05) is 0 Å². The van der Waals surface area contributed by atoms with Crippen molar-refractivity contribution in [3.05, 3.63) is 35.6 Å². The van der Waals surface area contributed by atoms with Gasteiger partial charge >= 0.3 is 6.18 Å². The number of fused-ring (bicyclic) bond motifs is 1. The van der Waals surface area contributed by atoms with Crippen molar-refractivity contribution in [2.75, 3.05) is 6.61 Å². The number of halogens is 3. The zero-order chi connectivity index (χ0) is 14.0. The number of aliphatic hydroxyl groups is 2. The van der Waals surface area contributed by atoms with Crippen molar-refractivity contribution >= 4 is 11.0 Å². The number of benzene rings is 1. The Balaban J connectivity index is 2.27. The van der Waals surface area contributed by atoms with Crippen molar-refractivity contribution in [2.24, 2.45) is 0 Å². The predicted molar refractivity (Wildman–Crippen MR) is 59.1 cm³/mol. The van der Waals surface area contributed by atoms with Gasteiger partial charge < -0.3 is 19.4 Å². The van der Waals surface area contributed by atoms with Crippen molar-refractivity contribution in [1.29, 1.82) is 0 Å². The number of hydrogen-bond donors (Lipinski definition) is 2. The molecule has 0 saturated carbocycles. The number of aliphatic hydroxyl groups excluding tert-OH is 1. The molecule has 1 heterocycles. The van der Waals surface area contributed by atoms with E-state index in [9.17, 15) is 13.2 Å². The van der Waals surface area contributed by atoms with E-state index in [2.05, 4.69) is 4.74 Å². The standard InChI is InChI=1S/C12H11F3O4/c13-12(14,15)6-18-5-8-7-3-1-2-4-9(7)19-10(8)11(16)17/h1-4,11,16-17H,5-6H2. The molecule has 7 heteroatoms. The summed E-state index contributed by atoms with van der Waals surface area (Å²) < 4.78 is 45.7. The van der Waals surface area contributed by atoms with Crippen molar-refractivity contribution in [1.82, 2.24) is 0 Å². The zero-order valence-corrected chi connectivity index (χ0v) is 9.65. The molecule has 0 fully saturated rings. The summed E-state index contributed by atoms with van der Waals surface area (Å²) >= 11 is 0. The van der Waals surface area contributed by atoms with Crippen LogP contribution >= 0.6 is 0 Å². The molecule has 0 radical (unpaired) electrons. The summed E-state index contributed by atoms with van der Waals surface area (Å²) in [6.07, 6.45) is -6.34. The summed E-state index contributed by atoms with van der Waals surface area (Å²) in [5, 5.41) is 18.8. The second-order valence-corrected chi connectivity index (χ2v) is 3.92. The molecule has 2 aromatic rings. The number of furan rings is 1. The third-order valence-electron chi connectivity index (χ3n) is 2.48. The summed E-state index contributed by atoms with van der Waals surface area (Å²) in [6.45, 7) is -1.82. The summed E-state index contributed by atoms with van der Waals surface area (Å²) in [5.74, 6) is -0.205. The van der Waals surface area contributed by atoms with Crippen LogP contribution < -0.4 is 0 Å². The second-order valence-electron chi connectivity index (χ2n) is 3.92. The van der Waals surface area contributed by atoms with Crippen LogP contribution in [0.25, 0.3) is 11.0 Å². The average Bonchev–Trinajstić information content (AvgIpc) is 2.67. The lowest BCUT2D eigenvalue weighted by molar-refractivity contribution is -0.176. The zero-order valence-electron chi connectivity index (χ0n) is 9.65. The van der Waals surface area contributed by atoms with Crippen LogP contribution in [-0.4, -0.2) is 23.0 Å². The Labute approximate surface area is 106 Å². The number of hydrogen-bond acceptors (Lipinski definition) is 4. The topological polar surface area (TPSA) is 62.8 Å². The van der Waals surface area contributed by atoms with Gasteiger partial charge in [-0.3, -0.25) is 0 Å². The van der Waals surface area contributed by atoms with E-state index < -0.39 is 25.7 Å². The Bertz CT molecular complexity index is 560. The molecular weight excluding hydrogens is 265 g/mol. The van der Waals surface area contributed by atoms with Gasteiger partial charge in [0.15, 0.2) is 5.76 Å². The monoisotopic (exact) mass is 276 g/mol. The molecular formula is C12H11F3O4. The molecule has 0 aliphatic heterocycles. The van der Waals surface area contributed by atoms with E-state index in [1.54, 1.807) is 24.3 Å². The van der Waals surface area contributed by atoms with Crippen LogP contribution in [0.4, 0.5) is 13.2 Å². The first-order valence-corrected chi connectivity index (χ1v) is 5.39. The van der Waals surface area contributed by atoms with Crippen LogP contribution in [0.5, 0.6) is 0 Å². The smallest absolute Gasteiger partial charge is 0.411 e. The maximum atomic E-state index is 12.0. The number of rotatable bonds is 4. The van der Waals surface area contributed by atoms with E-state index in [1.165, 1.54) is 0 Å². The van der Waals surface area contributed by atoms with Gasteiger partial charge in [-0.25, -0.2) is 0 Å². The minimum Gasteiger partial charge on any atom is -0.455 e. The SMILES string of the molecule is OC(O)c1oc2ccccc2c1COCC(F)(F)F. The Kier molecular flexibility index (Phi) is 3.79. The summed E-state index contributed by atoms with van der Waals surface area (Å²) in [5.41, 5.74) is 0.561. The third-order valence-corrected chi connectivity index (χ3v) is 2.48. The molecule has 2 rings (SSSR count). The van der Waals surface area contributed by atoms with Crippen LogP contribution in [0.1, 0.15) is 17.6 Å². The minimum absolute atomic E-state index is 0.204. The van der Waals surface area contributed by atoms with E-state index in [0.29, 0.717) is 11.0 Å². The highest BCUT2D eigenvalue weighted by Crippen LogP contribution is 2.30. The van der Waals surface area contributed by atoms with E-state index in [0.717, 1.165) is 0 Å². The van der Waals surface area contributed by atoms with Gasteiger partial charge in [-0.2, -0.15) is 13.2 Å². The van der Waals surface area contributed by atoms with Gasteiger partial charge in [-0.1, -0.05) is 18.2 Å². The van der Waals surface area contributed by atoms with Crippen LogP contribution in [0.15, 0.2) is 28.7 Å². The lowest BCUT2D eigenvalue weighted by atomic mass is 10.1. The molecule has 4 nitrogen and oxygen atoms in total. The maximum absolute atomic E-state index is 12.0. The first-order valence-electron chi connectivity index (χ1n) is 5.39. The van der Waals surface area contributed by atoms with E-state index >= 15 is 0 Å². The maximum Gasteiger partial charge on any atom is 0.411 e. The lowest BCUT2D eigenvalue weighted by Crippen LogP contribution is -2.17. The Hall–Kier alpha value is -1.57. The highest BCUT2D eigenvalue weighted by atomic mass is 19.4. The molecule has 19 heavy (non-hydrogen) atoms. The Morgan fingerprint density at radius 2 is 1.89 bits per heavy atom. The van der Waals surface area contributed by atoms with Crippen LogP contribution in [0, 0.1) is 0 Å². The second kappa shape index (κ2) is 5.20.